The summed E-state index contributed by atoms with van der Waals surface area (Å²) in [5.41, 5.74) is 2.27. The molecule has 3 heteroatoms. The topological polar surface area (TPSA) is 45.1 Å². The Kier molecular flexibility index (Phi) is 5.53. The summed E-state index contributed by atoms with van der Waals surface area (Å²) in [6.45, 7) is 1.30. The van der Waals surface area contributed by atoms with Crippen LogP contribution in [0.3, 0.4) is 0 Å². The molecule has 0 bridgehead atoms. The van der Waals surface area contributed by atoms with Crippen molar-refractivity contribution in [2.75, 3.05) is 6.54 Å². The van der Waals surface area contributed by atoms with Gasteiger partial charge in [-0.25, -0.2) is 0 Å². The molecule has 3 nitrogen and oxygen atoms in total. The van der Waals surface area contributed by atoms with Crippen molar-refractivity contribution in [1.29, 1.82) is 0 Å². The second-order valence-corrected chi connectivity index (χ2v) is 4.63. The van der Waals surface area contributed by atoms with Crippen LogP contribution in [0.2, 0.25) is 0 Å². The minimum atomic E-state index is -0.316. The standard InChI is InChI=1S/C16H20N2O/c19-16(10-9-14-6-2-1-3-7-14)13-17-12-15-8-4-5-11-18-15/h1-8,11,16-17,19H,9-10,12-13H2/t16-/m1/s1. The van der Waals surface area contributed by atoms with E-state index in [1.807, 2.05) is 36.4 Å². The average molecular weight is 256 g/mol. The third-order valence-electron chi connectivity index (χ3n) is 3.02. The van der Waals surface area contributed by atoms with Gasteiger partial charge in [-0.15, -0.1) is 0 Å². The summed E-state index contributed by atoms with van der Waals surface area (Å²) in [5, 5.41) is 13.1. The zero-order valence-electron chi connectivity index (χ0n) is 11.0. The Bertz CT molecular complexity index is 459. The molecule has 0 radical (unpaired) electrons. The molecule has 2 rings (SSSR count). The summed E-state index contributed by atoms with van der Waals surface area (Å²) in [6.07, 6.45) is 3.15. The first-order valence-electron chi connectivity index (χ1n) is 6.67. The van der Waals surface area contributed by atoms with Crippen molar-refractivity contribution >= 4 is 0 Å². The first-order chi connectivity index (χ1) is 9.34. The van der Waals surface area contributed by atoms with Gasteiger partial charge in [-0.05, 0) is 30.5 Å². The Balaban J connectivity index is 1.64. The first-order valence-corrected chi connectivity index (χ1v) is 6.67. The normalized spacial score (nSPS) is 12.3. The number of nitrogens with one attached hydrogen (secondary N) is 1. The first kappa shape index (κ1) is 13.7. The quantitative estimate of drug-likeness (QED) is 0.798. The van der Waals surface area contributed by atoms with Gasteiger partial charge >= 0.3 is 0 Å². The van der Waals surface area contributed by atoms with Crippen LogP contribution in [0.1, 0.15) is 17.7 Å². The molecule has 1 heterocycles. The zero-order chi connectivity index (χ0) is 13.3. The van der Waals surface area contributed by atoms with E-state index in [1.165, 1.54) is 5.56 Å². The van der Waals surface area contributed by atoms with Crippen molar-refractivity contribution in [1.82, 2.24) is 10.3 Å². The molecule has 19 heavy (non-hydrogen) atoms. The molecule has 0 aliphatic rings. The predicted molar refractivity (Wildman–Crippen MR) is 76.7 cm³/mol. The molecule has 0 spiro atoms. The molecule has 1 atom stereocenters. The maximum absolute atomic E-state index is 9.91. The molecule has 0 saturated carbocycles. The van der Waals surface area contributed by atoms with Gasteiger partial charge in [0.15, 0.2) is 0 Å². The number of aryl methyl sites for hydroxylation is 1. The van der Waals surface area contributed by atoms with E-state index in [1.54, 1.807) is 6.20 Å². The fraction of sp³-hybridized carbons (Fsp3) is 0.312. The Hall–Kier alpha value is -1.71. The number of rotatable bonds is 7. The largest absolute Gasteiger partial charge is 0.392 e. The molecular formula is C16H20N2O. The number of aliphatic hydroxyl groups is 1. The second-order valence-electron chi connectivity index (χ2n) is 4.63. The van der Waals surface area contributed by atoms with Crippen LogP contribution in [0, 0.1) is 0 Å². The van der Waals surface area contributed by atoms with Crippen LogP contribution in [0.5, 0.6) is 0 Å². The van der Waals surface area contributed by atoms with E-state index < -0.39 is 0 Å². The van der Waals surface area contributed by atoms with Crippen molar-refractivity contribution in [3.05, 3.63) is 66.0 Å². The van der Waals surface area contributed by atoms with Crippen molar-refractivity contribution in [3.63, 3.8) is 0 Å². The molecule has 2 aromatic rings. The lowest BCUT2D eigenvalue weighted by Crippen LogP contribution is -2.27. The molecule has 1 aromatic heterocycles. The Labute approximate surface area is 114 Å². The van der Waals surface area contributed by atoms with Crippen molar-refractivity contribution in [2.45, 2.75) is 25.5 Å². The lowest BCUT2D eigenvalue weighted by atomic mass is 10.1. The van der Waals surface area contributed by atoms with Gasteiger partial charge in [-0.3, -0.25) is 4.98 Å². The minimum Gasteiger partial charge on any atom is -0.392 e. The van der Waals surface area contributed by atoms with Gasteiger partial charge in [0.1, 0.15) is 0 Å². The monoisotopic (exact) mass is 256 g/mol. The number of hydrogen-bond donors (Lipinski definition) is 2. The van der Waals surface area contributed by atoms with Gasteiger partial charge in [0.25, 0.3) is 0 Å². The van der Waals surface area contributed by atoms with Gasteiger partial charge in [-0.1, -0.05) is 36.4 Å². The van der Waals surface area contributed by atoms with E-state index in [-0.39, 0.29) is 6.10 Å². The third-order valence-corrected chi connectivity index (χ3v) is 3.02. The number of aliphatic hydroxyl groups excluding tert-OH is 1. The highest BCUT2D eigenvalue weighted by Crippen LogP contribution is 2.04. The second kappa shape index (κ2) is 7.67. The maximum atomic E-state index is 9.91. The molecule has 0 unspecified atom stereocenters. The summed E-state index contributed by atoms with van der Waals surface area (Å²) >= 11 is 0. The highest BCUT2D eigenvalue weighted by molar-refractivity contribution is 5.14. The molecule has 0 aliphatic carbocycles. The molecule has 2 N–H and O–H groups in total. The van der Waals surface area contributed by atoms with E-state index in [2.05, 4.69) is 22.4 Å². The van der Waals surface area contributed by atoms with Crippen LogP contribution >= 0.6 is 0 Å². The summed E-state index contributed by atoms with van der Waals surface area (Å²) < 4.78 is 0. The summed E-state index contributed by atoms with van der Waals surface area (Å²) in [5.74, 6) is 0. The van der Waals surface area contributed by atoms with E-state index >= 15 is 0 Å². The molecule has 0 fully saturated rings. The van der Waals surface area contributed by atoms with Gasteiger partial charge in [0.2, 0.25) is 0 Å². The number of pyridine rings is 1. The van der Waals surface area contributed by atoms with Gasteiger partial charge in [0, 0.05) is 19.3 Å². The average Bonchev–Trinajstić information content (AvgIpc) is 2.47. The van der Waals surface area contributed by atoms with Crippen molar-refractivity contribution in [3.8, 4) is 0 Å². The van der Waals surface area contributed by atoms with E-state index in [4.69, 9.17) is 0 Å². The number of aromatic nitrogens is 1. The zero-order valence-corrected chi connectivity index (χ0v) is 11.0. The number of benzene rings is 1. The molecule has 0 aliphatic heterocycles. The molecular weight excluding hydrogens is 236 g/mol. The number of hydrogen-bond acceptors (Lipinski definition) is 3. The van der Waals surface area contributed by atoms with Crippen molar-refractivity contribution < 1.29 is 5.11 Å². The minimum absolute atomic E-state index is 0.316. The fourth-order valence-electron chi connectivity index (χ4n) is 1.95. The Morgan fingerprint density at radius 1 is 1.05 bits per heavy atom. The summed E-state index contributed by atoms with van der Waals surface area (Å²) in [6, 6.07) is 16.1. The highest BCUT2D eigenvalue weighted by atomic mass is 16.3. The van der Waals surface area contributed by atoms with Crippen LogP contribution in [0.25, 0.3) is 0 Å². The molecule has 1 aromatic carbocycles. The summed E-state index contributed by atoms with van der Waals surface area (Å²) in [7, 11) is 0. The fourth-order valence-corrected chi connectivity index (χ4v) is 1.95. The molecule has 100 valence electrons. The van der Waals surface area contributed by atoms with E-state index in [0.717, 1.165) is 18.5 Å². The third kappa shape index (κ3) is 5.20. The number of nitrogens with zero attached hydrogens (tertiary/aromatic N) is 1. The van der Waals surface area contributed by atoms with Gasteiger partial charge < -0.3 is 10.4 Å². The molecule has 0 amide bonds. The van der Waals surface area contributed by atoms with Crippen LogP contribution in [-0.2, 0) is 13.0 Å². The van der Waals surface area contributed by atoms with Crippen LogP contribution in [0.15, 0.2) is 54.7 Å². The lowest BCUT2D eigenvalue weighted by molar-refractivity contribution is 0.161. The lowest BCUT2D eigenvalue weighted by Gasteiger charge is -2.11. The van der Waals surface area contributed by atoms with Gasteiger partial charge in [0.05, 0.1) is 11.8 Å². The Morgan fingerprint density at radius 2 is 1.84 bits per heavy atom. The summed E-state index contributed by atoms with van der Waals surface area (Å²) in [4.78, 5) is 4.23. The van der Waals surface area contributed by atoms with E-state index in [0.29, 0.717) is 13.1 Å². The predicted octanol–water partition coefficient (Wildman–Crippen LogP) is 2.16. The smallest absolute Gasteiger partial charge is 0.0667 e. The maximum Gasteiger partial charge on any atom is 0.0667 e. The van der Waals surface area contributed by atoms with Crippen LogP contribution in [0.4, 0.5) is 0 Å². The van der Waals surface area contributed by atoms with Gasteiger partial charge in [-0.2, -0.15) is 0 Å². The Morgan fingerprint density at radius 3 is 2.58 bits per heavy atom. The van der Waals surface area contributed by atoms with Crippen molar-refractivity contribution in [2.24, 2.45) is 0 Å². The van der Waals surface area contributed by atoms with Crippen LogP contribution < -0.4 is 5.32 Å². The highest BCUT2D eigenvalue weighted by Gasteiger charge is 2.04. The SMILES string of the molecule is O[C@H](CCc1ccccc1)CNCc1ccccn1. The van der Waals surface area contributed by atoms with Crippen LogP contribution in [-0.4, -0.2) is 22.7 Å². The molecule has 0 saturated heterocycles. The van der Waals surface area contributed by atoms with E-state index in [9.17, 15) is 5.11 Å².